The summed E-state index contributed by atoms with van der Waals surface area (Å²) < 4.78 is 11.2. The number of carbonyl (C=O) groups excluding carboxylic acids is 1. The maximum absolute atomic E-state index is 11.9. The van der Waals surface area contributed by atoms with Crippen LogP contribution in [0.15, 0.2) is 75.9 Å². The number of ether oxygens (including phenoxy) is 1. The Balaban J connectivity index is 1.68. The summed E-state index contributed by atoms with van der Waals surface area (Å²) in [5.74, 6) is 0.517. The van der Waals surface area contributed by atoms with Gasteiger partial charge in [0.25, 0.3) is 0 Å². The highest BCUT2D eigenvalue weighted by molar-refractivity contribution is 6.07. The monoisotopic (exact) mass is 359 g/mol. The quantitative estimate of drug-likeness (QED) is 0.431. The van der Waals surface area contributed by atoms with Crippen molar-refractivity contribution in [3.05, 3.63) is 82.7 Å². The van der Waals surface area contributed by atoms with Gasteiger partial charge in [0, 0.05) is 29.6 Å². The Morgan fingerprint density at radius 3 is 2.59 bits per heavy atom. The Hall–Kier alpha value is -3.60. The molecule has 0 aliphatic heterocycles. The smallest absolute Gasteiger partial charge is 0.336 e. The fourth-order valence-corrected chi connectivity index (χ4v) is 3.13. The second-order valence-electron chi connectivity index (χ2n) is 6.24. The van der Waals surface area contributed by atoms with Crippen molar-refractivity contribution in [1.82, 2.24) is 0 Å². The molecular formula is C22H17NO4. The average molecular weight is 359 g/mol. The second kappa shape index (κ2) is 6.96. The predicted molar refractivity (Wildman–Crippen MR) is 105 cm³/mol. The molecule has 0 saturated carbocycles. The molecule has 0 unspecified atom stereocenters. The summed E-state index contributed by atoms with van der Waals surface area (Å²) in [6, 6.07) is 20.3. The molecule has 1 aromatic heterocycles. The van der Waals surface area contributed by atoms with E-state index < -0.39 is 5.63 Å². The summed E-state index contributed by atoms with van der Waals surface area (Å²) in [5.41, 5.74) is 1.61. The van der Waals surface area contributed by atoms with Crippen LogP contribution >= 0.6 is 0 Å². The van der Waals surface area contributed by atoms with Crippen LogP contribution in [0.2, 0.25) is 0 Å². The number of rotatable bonds is 4. The molecule has 5 nitrogen and oxygen atoms in total. The van der Waals surface area contributed by atoms with Crippen LogP contribution in [0.4, 0.5) is 5.69 Å². The third kappa shape index (κ3) is 3.53. The van der Waals surface area contributed by atoms with E-state index in [4.69, 9.17) is 9.15 Å². The molecular weight excluding hydrogens is 342 g/mol. The summed E-state index contributed by atoms with van der Waals surface area (Å²) in [5, 5.41) is 5.67. The Morgan fingerprint density at radius 2 is 1.81 bits per heavy atom. The van der Waals surface area contributed by atoms with E-state index in [0.29, 0.717) is 17.0 Å². The maximum Gasteiger partial charge on any atom is 0.336 e. The molecule has 4 rings (SSSR count). The molecule has 0 aliphatic carbocycles. The van der Waals surface area contributed by atoms with E-state index in [9.17, 15) is 9.59 Å². The topological polar surface area (TPSA) is 68.5 Å². The van der Waals surface area contributed by atoms with Crippen LogP contribution in [0.25, 0.3) is 21.7 Å². The molecule has 0 spiro atoms. The highest BCUT2D eigenvalue weighted by Crippen LogP contribution is 2.28. The Bertz CT molecular complexity index is 1190. The fraction of sp³-hybridized carbons (Fsp3) is 0.0909. The lowest BCUT2D eigenvalue weighted by atomic mass is 10.0. The molecule has 27 heavy (non-hydrogen) atoms. The van der Waals surface area contributed by atoms with Crippen LogP contribution in [-0.4, -0.2) is 5.91 Å². The van der Waals surface area contributed by atoms with Gasteiger partial charge in [-0.25, -0.2) is 4.79 Å². The highest BCUT2D eigenvalue weighted by atomic mass is 16.5. The summed E-state index contributed by atoms with van der Waals surface area (Å²) in [7, 11) is 0. The summed E-state index contributed by atoms with van der Waals surface area (Å²) in [6.07, 6.45) is 0. The largest absolute Gasteiger partial charge is 0.489 e. The van der Waals surface area contributed by atoms with Gasteiger partial charge >= 0.3 is 5.63 Å². The minimum atomic E-state index is -0.405. The normalized spacial score (nSPS) is 10.9. The molecule has 0 atom stereocenters. The van der Waals surface area contributed by atoms with Gasteiger partial charge in [0.05, 0.1) is 0 Å². The Labute approximate surface area is 155 Å². The lowest BCUT2D eigenvalue weighted by molar-refractivity contribution is -0.114. The van der Waals surface area contributed by atoms with Gasteiger partial charge in [0.1, 0.15) is 17.9 Å². The number of nitrogens with one attached hydrogen (secondary N) is 1. The molecule has 134 valence electrons. The second-order valence-corrected chi connectivity index (χ2v) is 6.24. The van der Waals surface area contributed by atoms with Crippen LogP contribution in [0.5, 0.6) is 5.75 Å². The number of hydrogen-bond donors (Lipinski definition) is 1. The molecule has 0 bridgehead atoms. The van der Waals surface area contributed by atoms with E-state index in [0.717, 1.165) is 21.7 Å². The van der Waals surface area contributed by atoms with E-state index in [1.165, 1.54) is 13.0 Å². The van der Waals surface area contributed by atoms with E-state index >= 15 is 0 Å². The van der Waals surface area contributed by atoms with E-state index in [1.54, 1.807) is 24.3 Å². The third-order valence-electron chi connectivity index (χ3n) is 4.28. The van der Waals surface area contributed by atoms with E-state index in [2.05, 4.69) is 5.32 Å². The molecule has 3 aromatic carbocycles. The van der Waals surface area contributed by atoms with Gasteiger partial charge in [-0.1, -0.05) is 30.3 Å². The van der Waals surface area contributed by atoms with Crippen LogP contribution in [-0.2, 0) is 11.4 Å². The third-order valence-corrected chi connectivity index (χ3v) is 4.28. The SMILES string of the molecule is CC(=O)Nc1ccc(OCc2cc(=O)oc3ccc4ccccc4c23)cc1. The maximum atomic E-state index is 11.9. The van der Waals surface area contributed by atoms with Crippen molar-refractivity contribution in [3.8, 4) is 5.75 Å². The standard InChI is InChI=1S/C22H17NO4/c1-14(24)23-17-7-9-18(10-8-17)26-13-16-12-21(25)27-20-11-6-15-4-2-3-5-19(15)22(16)20/h2-12H,13H2,1H3,(H,23,24). The zero-order valence-electron chi connectivity index (χ0n) is 14.7. The van der Waals surface area contributed by atoms with Crippen molar-refractivity contribution >= 4 is 33.3 Å². The molecule has 0 fully saturated rings. The number of hydrogen-bond acceptors (Lipinski definition) is 4. The van der Waals surface area contributed by atoms with Gasteiger partial charge in [0.15, 0.2) is 0 Å². The van der Waals surface area contributed by atoms with Gasteiger partial charge < -0.3 is 14.5 Å². The van der Waals surface area contributed by atoms with Crippen LogP contribution < -0.4 is 15.7 Å². The molecule has 0 aliphatic rings. The van der Waals surface area contributed by atoms with Crippen molar-refractivity contribution in [1.29, 1.82) is 0 Å². The minimum Gasteiger partial charge on any atom is -0.489 e. The number of anilines is 1. The summed E-state index contributed by atoms with van der Waals surface area (Å²) in [6.45, 7) is 1.69. The molecule has 1 amide bonds. The van der Waals surface area contributed by atoms with E-state index in [-0.39, 0.29) is 12.5 Å². The van der Waals surface area contributed by atoms with Crippen molar-refractivity contribution in [2.75, 3.05) is 5.32 Å². The summed E-state index contributed by atoms with van der Waals surface area (Å²) in [4.78, 5) is 23.0. The minimum absolute atomic E-state index is 0.127. The van der Waals surface area contributed by atoms with Gasteiger partial charge in [-0.15, -0.1) is 0 Å². The highest BCUT2D eigenvalue weighted by Gasteiger charge is 2.10. The molecule has 1 N–H and O–H groups in total. The first kappa shape index (κ1) is 16.8. The Morgan fingerprint density at radius 1 is 1.04 bits per heavy atom. The molecule has 0 radical (unpaired) electrons. The first-order valence-corrected chi connectivity index (χ1v) is 8.55. The van der Waals surface area contributed by atoms with Crippen molar-refractivity contribution < 1.29 is 13.9 Å². The van der Waals surface area contributed by atoms with Gasteiger partial charge in [-0.3, -0.25) is 4.79 Å². The zero-order chi connectivity index (χ0) is 18.8. The zero-order valence-corrected chi connectivity index (χ0v) is 14.7. The lowest BCUT2D eigenvalue weighted by Gasteiger charge is -2.11. The Kier molecular flexibility index (Phi) is 4.34. The van der Waals surface area contributed by atoms with Crippen molar-refractivity contribution in [3.63, 3.8) is 0 Å². The molecule has 4 aromatic rings. The first-order chi connectivity index (χ1) is 13.1. The van der Waals surface area contributed by atoms with Crippen molar-refractivity contribution in [2.45, 2.75) is 13.5 Å². The molecule has 1 heterocycles. The van der Waals surface area contributed by atoms with Crippen molar-refractivity contribution in [2.24, 2.45) is 0 Å². The van der Waals surface area contributed by atoms with Crippen LogP contribution in [0.3, 0.4) is 0 Å². The molecule has 0 saturated heterocycles. The van der Waals surface area contributed by atoms with Gasteiger partial charge in [0.2, 0.25) is 5.91 Å². The number of benzene rings is 3. The van der Waals surface area contributed by atoms with Gasteiger partial charge in [-0.05, 0) is 41.1 Å². The van der Waals surface area contributed by atoms with E-state index in [1.807, 2.05) is 36.4 Å². The number of amides is 1. The fourth-order valence-electron chi connectivity index (χ4n) is 3.13. The predicted octanol–water partition coefficient (Wildman–Crippen LogP) is 4.48. The van der Waals surface area contributed by atoms with Crippen LogP contribution in [0, 0.1) is 0 Å². The summed E-state index contributed by atoms with van der Waals surface area (Å²) >= 11 is 0. The van der Waals surface area contributed by atoms with Gasteiger partial charge in [-0.2, -0.15) is 0 Å². The average Bonchev–Trinajstić information content (AvgIpc) is 2.66. The number of carbonyl (C=O) groups is 1. The van der Waals surface area contributed by atoms with Crippen LogP contribution in [0.1, 0.15) is 12.5 Å². The molecule has 5 heteroatoms. The number of fused-ring (bicyclic) bond motifs is 3. The lowest BCUT2D eigenvalue weighted by Crippen LogP contribution is -2.06. The first-order valence-electron chi connectivity index (χ1n) is 8.55.